The first-order chi connectivity index (χ1) is 17.0. The van der Waals surface area contributed by atoms with Crippen LogP contribution in [-0.2, 0) is 18.3 Å². The quantitative estimate of drug-likeness (QED) is 0.214. The van der Waals surface area contributed by atoms with E-state index in [0.717, 1.165) is 25.0 Å². The van der Waals surface area contributed by atoms with Crippen LogP contribution in [0.3, 0.4) is 0 Å². The molecule has 1 aliphatic carbocycles. The van der Waals surface area contributed by atoms with Crippen molar-refractivity contribution in [3.8, 4) is 11.5 Å². The molecule has 1 heterocycles. The van der Waals surface area contributed by atoms with Crippen molar-refractivity contribution in [2.45, 2.75) is 25.8 Å². The highest BCUT2D eigenvalue weighted by Gasteiger charge is 2.30. The number of halogens is 3. The average molecular weight is 630 g/mol. The van der Waals surface area contributed by atoms with Crippen molar-refractivity contribution < 1.29 is 27.1 Å². The second kappa shape index (κ2) is 10.5. The number of carbonyl (C=O) groups excluding carboxylic acids is 1. The van der Waals surface area contributed by atoms with Crippen molar-refractivity contribution in [3.05, 3.63) is 73.1 Å². The topological polar surface area (TPSA) is 122 Å². The van der Waals surface area contributed by atoms with E-state index in [1.807, 2.05) is 22.6 Å². The molecule has 0 radical (unpaired) electrons. The Morgan fingerprint density at radius 3 is 2.58 bits per heavy atom. The summed E-state index contributed by atoms with van der Waals surface area (Å²) in [6.07, 6.45) is 1.58. The van der Waals surface area contributed by atoms with Crippen LogP contribution < -0.4 is 25.7 Å². The van der Waals surface area contributed by atoms with Crippen LogP contribution in [-0.4, -0.2) is 25.3 Å². The molecule has 1 aliphatic rings. The van der Waals surface area contributed by atoms with Crippen LogP contribution >= 0.6 is 22.6 Å². The van der Waals surface area contributed by atoms with Gasteiger partial charge < -0.3 is 15.4 Å². The number of amides is 1. The molecule has 36 heavy (non-hydrogen) atoms. The summed E-state index contributed by atoms with van der Waals surface area (Å²) in [7, 11) is 1.43. The van der Waals surface area contributed by atoms with E-state index < -0.39 is 34.4 Å². The minimum Gasteiger partial charge on any atom is -0.456 e. The van der Waals surface area contributed by atoms with Gasteiger partial charge in [-0.2, -0.15) is 0 Å². The Bertz CT molecular complexity index is 1440. The maximum atomic E-state index is 14.7. The number of hydrogen-bond donors (Lipinski definition) is 4. The summed E-state index contributed by atoms with van der Waals surface area (Å²) in [6.45, 7) is 1.45. The number of pyridine rings is 1. The minimum absolute atomic E-state index is 0.0231. The summed E-state index contributed by atoms with van der Waals surface area (Å²) in [5.74, 6) is -2.26. The predicted molar refractivity (Wildman–Crippen MR) is 140 cm³/mol. The van der Waals surface area contributed by atoms with E-state index in [0.29, 0.717) is 3.57 Å². The monoisotopic (exact) mass is 630 g/mol. The summed E-state index contributed by atoms with van der Waals surface area (Å²) in [6, 6.07) is 7.60. The molecule has 0 aliphatic heterocycles. The van der Waals surface area contributed by atoms with E-state index in [2.05, 4.69) is 15.4 Å². The normalized spacial score (nSPS) is 13.7. The molecule has 9 nitrogen and oxygen atoms in total. The summed E-state index contributed by atoms with van der Waals surface area (Å²) >= 11 is -0.509. The van der Waals surface area contributed by atoms with Gasteiger partial charge in [0.25, 0.3) is 22.7 Å². The number of nitrogens with one attached hydrogen (secondary N) is 3. The van der Waals surface area contributed by atoms with Crippen molar-refractivity contribution >= 4 is 57.0 Å². The molecule has 1 fully saturated rings. The molecule has 2 aromatic carbocycles. The molecule has 4 rings (SSSR count). The van der Waals surface area contributed by atoms with Crippen LogP contribution in [0, 0.1) is 22.1 Å². The number of carbonyl (C=O) groups is 1. The summed E-state index contributed by atoms with van der Waals surface area (Å²) in [4.78, 5) is 26.4. The van der Waals surface area contributed by atoms with Gasteiger partial charge in [0.1, 0.15) is 28.8 Å². The van der Waals surface area contributed by atoms with Gasteiger partial charge in [-0.15, -0.1) is 0 Å². The lowest BCUT2D eigenvalue weighted by molar-refractivity contribution is 0.0948. The van der Waals surface area contributed by atoms with Gasteiger partial charge in [0.05, 0.1) is 16.9 Å². The molecule has 1 unspecified atom stereocenters. The predicted octanol–water partition coefficient (Wildman–Crippen LogP) is 4.55. The number of aromatic nitrogens is 1. The Hall–Kier alpha value is -3.04. The highest BCUT2D eigenvalue weighted by molar-refractivity contribution is 14.1. The summed E-state index contributed by atoms with van der Waals surface area (Å²) in [5, 5.41) is 5.68. The van der Waals surface area contributed by atoms with Gasteiger partial charge in [0, 0.05) is 28.8 Å². The third-order valence-corrected chi connectivity index (χ3v) is 6.47. The molecule has 4 N–H and O–H groups in total. The zero-order valence-corrected chi connectivity index (χ0v) is 22.0. The van der Waals surface area contributed by atoms with Gasteiger partial charge >= 0.3 is 0 Å². The number of ether oxygens (including phenoxy) is 1. The smallest absolute Gasteiger partial charge is 0.259 e. The standard InChI is InChI=1S/C23H21F2IN4O5S/c1-11-20(35-16-8-12(24)7-15(10-16)29-36(33)34)19(22(31)27-14-4-5-14)21(30(2)23(11)32)28-18-6-3-13(26)9-17(18)25/h3,6-10,14,28-29H,4-5H2,1-2H3,(H,27,31)(H,33,34). The fraction of sp³-hybridized carbons (Fsp3) is 0.217. The lowest BCUT2D eigenvalue weighted by Gasteiger charge is -2.21. The number of rotatable bonds is 8. The Morgan fingerprint density at radius 1 is 1.22 bits per heavy atom. The highest BCUT2D eigenvalue weighted by Crippen LogP contribution is 2.36. The fourth-order valence-electron chi connectivity index (χ4n) is 3.50. The van der Waals surface area contributed by atoms with Crippen molar-refractivity contribution in [1.29, 1.82) is 0 Å². The Morgan fingerprint density at radius 2 is 1.94 bits per heavy atom. The Kier molecular flexibility index (Phi) is 7.61. The molecule has 0 spiro atoms. The lowest BCUT2D eigenvalue weighted by atomic mass is 10.1. The zero-order valence-electron chi connectivity index (χ0n) is 19.0. The number of nitrogens with zero attached hydrogens (tertiary/aromatic N) is 1. The molecule has 13 heteroatoms. The van der Waals surface area contributed by atoms with Gasteiger partial charge in [-0.05, 0) is 66.6 Å². The van der Waals surface area contributed by atoms with E-state index >= 15 is 0 Å². The zero-order chi connectivity index (χ0) is 26.1. The molecular weight excluding hydrogens is 609 g/mol. The van der Waals surface area contributed by atoms with E-state index in [-0.39, 0.29) is 45.9 Å². The van der Waals surface area contributed by atoms with Crippen molar-refractivity contribution in [1.82, 2.24) is 9.88 Å². The second-order valence-electron chi connectivity index (χ2n) is 8.17. The Balaban J connectivity index is 1.87. The molecule has 1 saturated carbocycles. The highest BCUT2D eigenvalue weighted by atomic mass is 127. The van der Waals surface area contributed by atoms with E-state index in [4.69, 9.17) is 9.29 Å². The van der Waals surface area contributed by atoms with Gasteiger partial charge in [-0.1, -0.05) is 0 Å². The molecule has 1 amide bonds. The first kappa shape index (κ1) is 26.0. The number of hydrogen-bond acceptors (Lipinski definition) is 5. The molecular formula is C23H21F2IN4O5S. The average Bonchev–Trinajstić information content (AvgIpc) is 3.60. The minimum atomic E-state index is -2.47. The first-order valence-corrected chi connectivity index (χ1v) is 12.8. The molecule has 1 atom stereocenters. The van der Waals surface area contributed by atoms with Crippen LogP contribution in [0.1, 0.15) is 28.8 Å². The van der Waals surface area contributed by atoms with Crippen molar-refractivity contribution in [3.63, 3.8) is 0 Å². The third-order valence-electron chi connectivity index (χ3n) is 5.39. The van der Waals surface area contributed by atoms with E-state index in [1.165, 1.54) is 36.7 Å². The van der Waals surface area contributed by atoms with Gasteiger partial charge in [0.15, 0.2) is 5.75 Å². The van der Waals surface area contributed by atoms with Crippen molar-refractivity contribution in [2.75, 3.05) is 10.0 Å². The SMILES string of the molecule is Cc1c(Oc2cc(F)cc(NS(=O)O)c2)c(C(=O)NC2CC2)c(Nc2ccc(I)cc2F)n(C)c1=O. The van der Waals surface area contributed by atoms with Crippen LogP contribution in [0.25, 0.3) is 0 Å². The largest absolute Gasteiger partial charge is 0.456 e. The van der Waals surface area contributed by atoms with Gasteiger partial charge in [-0.25, -0.2) is 13.0 Å². The number of benzene rings is 2. The van der Waals surface area contributed by atoms with E-state index in [1.54, 1.807) is 6.07 Å². The van der Waals surface area contributed by atoms with Crippen molar-refractivity contribution in [2.24, 2.45) is 7.05 Å². The first-order valence-electron chi connectivity index (χ1n) is 10.7. The van der Waals surface area contributed by atoms with Gasteiger partial charge in [0.2, 0.25) is 0 Å². The maximum absolute atomic E-state index is 14.7. The second-order valence-corrected chi connectivity index (χ2v) is 10.1. The Labute approximate surface area is 220 Å². The fourth-order valence-corrected chi connectivity index (χ4v) is 4.27. The summed E-state index contributed by atoms with van der Waals surface area (Å²) in [5.41, 5.74) is -0.591. The molecule has 0 saturated heterocycles. The molecule has 1 aromatic heterocycles. The molecule has 0 bridgehead atoms. The maximum Gasteiger partial charge on any atom is 0.259 e. The lowest BCUT2D eigenvalue weighted by Crippen LogP contribution is -2.31. The van der Waals surface area contributed by atoms with Crippen LogP contribution in [0.5, 0.6) is 11.5 Å². The van der Waals surface area contributed by atoms with Crippen LogP contribution in [0.4, 0.5) is 26.0 Å². The molecule has 190 valence electrons. The third kappa shape index (κ3) is 5.84. The van der Waals surface area contributed by atoms with Crippen LogP contribution in [0.2, 0.25) is 0 Å². The molecule has 3 aromatic rings. The van der Waals surface area contributed by atoms with E-state index in [9.17, 15) is 22.6 Å². The van der Waals surface area contributed by atoms with Gasteiger partial charge in [-0.3, -0.25) is 23.4 Å². The van der Waals surface area contributed by atoms with Crippen LogP contribution in [0.15, 0.2) is 41.2 Å². The number of anilines is 3. The summed E-state index contributed by atoms with van der Waals surface area (Å²) < 4.78 is 58.9.